The molecule has 0 aliphatic carbocycles. The van der Waals surface area contributed by atoms with Crippen molar-refractivity contribution in [1.82, 2.24) is 5.32 Å². The molecule has 0 fully saturated rings. The lowest BCUT2D eigenvalue weighted by Crippen LogP contribution is -2.24. The number of hydrogen-bond donors (Lipinski definition) is 2. The smallest absolute Gasteiger partial charge is 0.303 e. The molecule has 0 saturated heterocycles. The van der Waals surface area contributed by atoms with Crippen molar-refractivity contribution < 1.29 is 23.8 Å². The van der Waals surface area contributed by atoms with Gasteiger partial charge in [-0.1, -0.05) is 29.8 Å². The van der Waals surface area contributed by atoms with Crippen molar-refractivity contribution in [3.63, 3.8) is 0 Å². The minimum Gasteiger partial charge on any atom is -0.494 e. The molecule has 2 rings (SSSR count). The first-order chi connectivity index (χ1) is 12.4. The molecule has 0 bridgehead atoms. The molecule has 1 amide bonds. The summed E-state index contributed by atoms with van der Waals surface area (Å²) in [6, 6.07) is 11.1. The molecule has 7 heteroatoms. The summed E-state index contributed by atoms with van der Waals surface area (Å²) in [7, 11) is 0. The van der Waals surface area contributed by atoms with E-state index in [1.807, 2.05) is 12.1 Å². The van der Waals surface area contributed by atoms with Gasteiger partial charge in [0.15, 0.2) is 0 Å². The Kier molecular flexibility index (Phi) is 7.41. The summed E-state index contributed by atoms with van der Waals surface area (Å²) < 4.78 is 18.4. The third kappa shape index (κ3) is 6.72. The molecular weight excluding hydrogens is 361 g/mol. The quantitative estimate of drug-likeness (QED) is 0.653. The first kappa shape index (κ1) is 19.7. The molecule has 0 atom stereocenters. The van der Waals surface area contributed by atoms with Gasteiger partial charge in [-0.25, -0.2) is 4.39 Å². The van der Waals surface area contributed by atoms with Gasteiger partial charge in [-0.05, 0) is 41.8 Å². The minimum atomic E-state index is -0.846. The third-order valence-corrected chi connectivity index (χ3v) is 3.93. The average Bonchev–Trinajstić information content (AvgIpc) is 2.60. The van der Waals surface area contributed by atoms with Crippen LogP contribution in [0.5, 0.6) is 5.75 Å². The fraction of sp³-hybridized carbons (Fsp3) is 0.263. The van der Waals surface area contributed by atoms with Crippen molar-refractivity contribution in [3.8, 4) is 5.75 Å². The lowest BCUT2D eigenvalue weighted by molar-refractivity contribution is -0.137. The number of nitrogens with one attached hydrogen (secondary N) is 1. The molecule has 0 aromatic heterocycles. The molecule has 0 heterocycles. The molecule has 0 spiro atoms. The number of amides is 1. The molecule has 26 heavy (non-hydrogen) atoms. The highest BCUT2D eigenvalue weighted by atomic mass is 35.5. The van der Waals surface area contributed by atoms with E-state index in [1.165, 1.54) is 18.2 Å². The van der Waals surface area contributed by atoms with Crippen molar-refractivity contribution in [2.45, 2.75) is 25.8 Å². The number of carbonyl (C=O) groups excluding carboxylic acids is 1. The molecule has 0 saturated carbocycles. The number of hydrogen-bond acceptors (Lipinski definition) is 3. The van der Waals surface area contributed by atoms with Crippen LogP contribution in [0.1, 0.15) is 24.0 Å². The molecule has 0 aliphatic rings. The summed E-state index contributed by atoms with van der Waals surface area (Å²) in [6.07, 6.45) is 0.588. The summed E-state index contributed by atoms with van der Waals surface area (Å²) in [6.45, 7) is 0.678. The van der Waals surface area contributed by atoms with Crippen LogP contribution in [0.25, 0.3) is 0 Å². The molecule has 2 aromatic rings. The summed E-state index contributed by atoms with van der Waals surface area (Å²) in [5.41, 5.74) is 1.46. The number of carboxylic acids is 1. The van der Waals surface area contributed by atoms with E-state index >= 15 is 0 Å². The number of carbonyl (C=O) groups is 2. The second-order valence-corrected chi connectivity index (χ2v) is 6.09. The molecular formula is C19H19ClFNO4. The van der Waals surface area contributed by atoms with Crippen LogP contribution in [0.2, 0.25) is 5.02 Å². The Morgan fingerprint density at radius 1 is 1.15 bits per heavy atom. The highest BCUT2D eigenvalue weighted by molar-refractivity contribution is 6.31. The Morgan fingerprint density at radius 3 is 2.54 bits per heavy atom. The fourth-order valence-electron chi connectivity index (χ4n) is 2.22. The monoisotopic (exact) mass is 379 g/mol. The number of carboxylic acid groups (broad SMARTS) is 1. The first-order valence-corrected chi connectivity index (χ1v) is 8.46. The SMILES string of the molecule is O=C(O)CCCOc1ccc(CNC(=O)Cc2ccc(F)cc2Cl)cc1. The average molecular weight is 380 g/mol. The summed E-state index contributed by atoms with van der Waals surface area (Å²) in [5.74, 6) is -0.859. The maximum Gasteiger partial charge on any atom is 0.303 e. The fourth-order valence-corrected chi connectivity index (χ4v) is 2.45. The third-order valence-electron chi connectivity index (χ3n) is 3.58. The van der Waals surface area contributed by atoms with E-state index in [0.29, 0.717) is 30.9 Å². The van der Waals surface area contributed by atoms with E-state index in [4.69, 9.17) is 21.4 Å². The first-order valence-electron chi connectivity index (χ1n) is 8.08. The van der Waals surface area contributed by atoms with Gasteiger partial charge < -0.3 is 15.2 Å². The number of halogens is 2. The van der Waals surface area contributed by atoms with Gasteiger partial charge in [-0.15, -0.1) is 0 Å². The van der Waals surface area contributed by atoms with Gasteiger partial charge in [-0.2, -0.15) is 0 Å². The molecule has 138 valence electrons. The molecule has 0 unspecified atom stereocenters. The standard InChI is InChI=1S/C19H19ClFNO4/c20-17-11-15(21)6-5-14(17)10-18(23)22-12-13-3-7-16(8-4-13)26-9-1-2-19(24)25/h3-8,11H,1-2,9-10,12H2,(H,22,23)(H,24,25). The van der Waals surface area contributed by atoms with E-state index in [2.05, 4.69) is 5.32 Å². The zero-order valence-corrected chi connectivity index (χ0v) is 14.8. The molecule has 5 nitrogen and oxygen atoms in total. The molecule has 0 aliphatic heterocycles. The molecule has 0 radical (unpaired) electrons. The van der Waals surface area contributed by atoms with Crippen molar-refractivity contribution in [1.29, 1.82) is 0 Å². The minimum absolute atomic E-state index is 0.0716. The van der Waals surface area contributed by atoms with Gasteiger partial charge >= 0.3 is 5.97 Å². The van der Waals surface area contributed by atoms with Crippen LogP contribution in [0.3, 0.4) is 0 Å². The summed E-state index contributed by atoms with van der Waals surface area (Å²) in [5, 5.41) is 11.6. The van der Waals surface area contributed by atoms with Crippen molar-refractivity contribution >= 4 is 23.5 Å². The highest BCUT2D eigenvalue weighted by Gasteiger charge is 2.08. The van der Waals surface area contributed by atoms with Gasteiger partial charge in [0, 0.05) is 18.0 Å². The zero-order chi connectivity index (χ0) is 18.9. The zero-order valence-electron chi connectivity index (χ0n) is 14.0. The predicted molar refractivity (Wildman–Crippen MR) is 95.8 cm³/mol. The number of aliphatic carboxylic acids is 1. The van der Waals surface area contributed by atoms with Crippen molar-refractivity contribution in [2.24, 2.45) is 0 Å². The number of rotatable bonds is 9. The number of benzene rings is 2. The van der Waals surface area contributed by atoms with Gasteiger partial charge in [0.1, 0.15) is 11.6 Å². The second kappa shape index (κ2) is 9.77. The summed E-state index contributed by atoms with van der Waals surface area (Å²) >= 11 is 5.91. The molecule has 2 aromatic carbocycles. The lowest BCUT2D eigenvalue weighted by atomic mass is 10.1. The van der Waals surface area contributed by atoms with Crippen LogP contribution in [0.4, 0.5) is 4.39 Å². The van der Waals surface area contributed by atoms with Crippen LogP contribution >= 0.6 is 11.6 Å². The van der Waals surface area contributed by atoms with E-state index in [-0.39, 0.29) is 23.8 Å². The maximum absolute atomic E-state index is 13.0. The highest BCUT2D eigenvalue weighted by Crippen LogP contribution is 2.18. The van der Waals surface area contributed by atoms with Gasteiger partial charge in [-0.3, -0.25) is 9.59 Å². The largest absolute Gasteiger partial charge is 0.494 e. The van der Waals surface area contributed by atoms with Gasteiger partial charge in [0.2, 0.25) is 5.91 Å². The van der Waals surface area contributed by atoms with Crippen LogP contribution < -0.4 is 10.1 Å². The molecule has 2 N–H and O–H groups in total. The van der Waals surface area contributed by atoms with E-state index in [1.54, 1.807) is 12.1 Å². The summed E-state index contributed by atoms with van der Waals surface area (Å²) in [4.78, 5) is 22.4. The maximum atomic E-state index is 13.0. The van der Waals surface area contributed by atoms with E-state index in [0.717, 1.165) is 5.56 Å². The second-order valence-electron chi connectivity index (χ2n) is 5.68. The lowest BCUT2D eigenvalue weighted by Gasteiger charge is -2.09. The van der Waals surface area contributed by atoms with Gasteiger partial charge in [0.25, 0.3) is 0 Å². The van der Waals surface area contributed by atoms with E-state index < -0.39 is 11.8 Å². The Morgan fingerprint density at radius 2 is 1.88 bits per heavy atom. The Labute approximate surface area is 155 Å². The Bertz CT molecular complexity index is 765. The van der Waals surface area contributed by atoms with Crippen LogP contribution in [-0.2, 0) is 22.6 Å². The van der Waals surface area contributed by atoms with Crippen LogP contribution in [-0.4, -0.2) is 23.6 Å². The van der Waals surface area contributed by atoms with Gasteiger partial charge in [0.05, 0.1) is 13.0 Å². The van der Waals surface area contributed by atoms with Crippen molar-refractivity contribution in [3.05, 3.63) is 64.4 Å². The van der Waals surface area contributed by atoms with Crippen LogP contribution in [0, 0.1) is 5.82 Å². The Hall–Kier alpha value is -2.60. The van der Waals surface area contributed by atoms with E-state index in [9.17, 15) is 14.0 Å². The van der Waals surface area contributed by atoms with Crippen molar-refractivity contribution in [2.75, 3.05) is 6.61 Å². The normalized spacial score (nSPS) is 10.4. The Balaban J connectivity index is 1.76. The number of ether oxygens (including phenoxy) is 1. The predicted octanol–water partition coefficient (Wildman–Crippen LogP) is 3.58. The van der Waals surface area contributed by atoms with Crippen LogP contribution in [0.15, 0.2) is 42.5 Å². The topological polar surface area (TPSA) is 75.6 Å².